The van der Waals surface area contributed by atoms with Crippen LogP contribution in [0.2, 0.25) is 0 Å². The molecular weight excluding hydrogens is 266 g/mol. The SMILES string of the molecule is OCC(OCCOCCN1CCCCC1)c1ccccc1. The Balaban J connectivity index is 1.54. The van der Waals surface area contributed by atoms with Gasteiger partial charge >= 0.3 is 0 Å². The molecule has 1 atom stereocenters. The number of aliphatic hydroxyl groups is 1. The summed E-state index contributed by atoms with van der Waals surface area (Å²) < 4.78 is 11.3. The first-order valence-electron chi connectivity index (χ1n) is 7.97. The standard InChI is InChI=1S/C17H27NO3/c19-15-17(16-7-3-1-4-8-16)21-14-13-20-12-11-18-9-5-2-6-10-18/h1,3-4,7-8,17,19H,2,5-6,9-15H2. The van der Waals surface area contributed by atoms with Gasteiger partial charge in [-0.1, -0.05) is 36.8 Å². The maximum Gasteiger partial charge on any atom is 0.106 e. The normalized spacial score (nSPS) is 17.8. The molecule has 1 N–H and O–H groups in total. The molecule has 0 saturated carbocycles. The Morgan fingerprint density at radius 3 is 2.48 bits per heavy atom. The molecule has 4 nitrogen and oxygen atoms in total. The van der Waals surface area contributed by atoms with Gasteiger partial charge in [-0.3, -0.25) is 0 Å². The highest BCUT2D eigenvalue weighted by Crippen LogP contribution is 2.15. The fourth-order valence-corrected chi connectivity index (χ4v) is 2.65. The van der Waals surface area contributed by atoms with Crippen LogP contribution in [0.15, 0.2) is 30.3 Å². The van der Waals surface area contributed by atoms with E-state index in [9.17, 15) is 5.11 Å². The summed E-state index contributed by atoms with van der Waals surface area (Å²) in [6.45, 7) is 5.29. The molecule has 4 heteroatoms. The van der Waals surface area contributed by atoms with Crippen molar-refractivity contribution in [1.29, 1.82) is 0 Å². The molecule has 0 amide bonds. The highest BCUT2D eigenvalue weighted by atomic mass is 16.5. The molecule has 1 fully saturated rings. The van der Waals surface area contributed by atoms with Crippen molar-refractivity contribution < 1.29 is 14.6 Å². The first kappa shape index (κ1) is 16.4. The molecule has 1 aromatic rings. The third-order valence-corrected chi connectivity index (χ3v) is 3.88. The van der Waals surface area contributed by atoms with Gasteiger partial charge in [0, 0.05) is 6.54 Å². The summed E-state index contributed by atoms with van der Waals surface area (Å²) in [7, 11) is 0. The number of ether oxygens (including phenoxy) is 2. The van der Waals surface area contributed by atoms with Crippen LogP contribution in [0.3, 0.4) is 0 Å². The lowest BCUT2D eigenvalue weighted by atomic mass is 10.1. The van der Waals surface area contributed by atoms with Gasteiger partial charge in [-0.15, -0.1) is 0 Å². The van der Waals surface area contributed by atoms with Crippen molar-refractivity contribution in [1.82, 2.24) is 4.90 Å². The highest BCUT2D eigenvalue weighted by molar-refractivity contribution is 5.17. The van der Waals surface area contributed by atoms with E-state index in [1.165, 1.54) is 32.4 Å². The number of likely N-dealkylation sites (tertiary alicyclic amines) is 1. The van der Waals surface area contributed by atoms with Crippen LogP contribution in [0.25, 0.3) is 0 Å². The second kappa shape index (κ2) is 9.90. The zero-order valence-corrected chi connectivity index (χ0v) is 12.7. The first-order valence-corrected chi connectivity index (χ1v) is 7.97. The molecule has 0 aliphatic carbocycles. The number of rotatable bonds is 9. The minimum Gasteiger partial charge on any atom is -0.393 e. The molecule has 118 valence electrons. The summed E-state index contributed by atoms with van der Waals surface area (Å²) in [4.78, 5) is 2.46. The molecule has 1 unspecified atom stereocenters. The van der Waals surface area contributed by atoms with Crippen LogP contribution in [-0.4, -0.2) is 56.1 Å². The van der Waals surface area contributed by atoms with Crippen molar-refractivity contribution in [3.05, 3.63) is 35.9 Å². The minimum absolute atomic E-state index is 0.00219. The number of benzene rings is 1. The van der Waals surface area contributed by atoms with E-state index in [1.54, 1.807) is 0 Å². The second-order valence-electron chi connectivity index (χ2n) is 5.47. The van der Waals surface area contributed by atoms with Crippen LogP contribution in [0.4, 0.5) is 0 Å². The Kier molecular flexibility index (Phi) is 7.75. The summed E-state index contributed by atoms with van der Waals surface area (Å²) in [6, 6.07) is 9.81. The van der Waals surface area contributed by atoms with E-state index < -0.39 is 0 Å². The average Bonchev–Trinajstić information content (AvgIpc) is 2.56. The zero-order chi connectivity index (χ0) is 14.8. The molecule has 2 rings (SSSR count). The molecule has 21 heavy (non-hydrogen) atoms. The van der Waals surface area contributed by atoms with E-state index in [-0.39, 0.29) is 12.7 Å². The van der Waals surface area contributed by atoms with Gasteiger partial charge in [0.25, 0.3) is 0 Å². The summed E-state index contributed by atoms with van der Waals surface area (Å²) in [5.41, 5.74) is 1.01. The second-order valence-corrected chi connectivity index (χ2v) is 5.47. The fraction of sp³-hybridized carbons (Fsp3) is 0.647. The Bertz CT molecular complexity index is 366. The van der Waals surface area contributed by atoms with E-state index >= 15 is 0 Å². The molecule has 0 spiro atoms. The Hall–Kier alpha value is -0.940. The summed E-state index contributed by atoms with van der Waals surface area (Å²) in [5.74, 6) is 0. The molecular formula is C17H27NO3. The Morgan fingerprint density at radius 1 is 1.00 bits per heavy atom. The average molecular weight is 293 g/mol. The lowest BCUT2D eigenvalue weighted by Gasteiger charge is -2.26. The first-order chi connectivity index (χ1) is 10.4. The van der Waals surface area contributed by atoms with E-state index in [4.69, 9.17) is 9.47 Å². The van der Waals surface area contributed by atoms with Gasteiger partial charge in [-0.2, -0.15) is 0 Å². The maximum absolute atomic E-state index is 9.38. The van der Waals surface area contributed by atoms with E-state index in [2.05, 4.69) is 4.90 Å². The van der Waals surface area contributed by atoms with Gasteiger partial charge in [0.1, 0.15) is 6.10 Å². The van der Waals surface area contributed by atoms with Crippen LogP contribution in [0.5, 0.6) is 0 Å². The van der Waals surface area contributed by atoms with Crippen LogP contribution in [0.1, 0.15) is 30.9 Å². The summed E-state index contributed by atoms with van der Waals surface area (Å²) in [5, 5.41) is 9.38. The van der Waals surface area contributed by atoms with Gasteiger partial charge in [0.15, 0.2) is 0 Å². The predicted octanol–water partition coefficient (Wildman–Crippen LogP) is 2.24. The number of aliphatic hydroxyl groups excluding tert-OH is 1. The lowest BCUT2D eigenvalue weighted by molar-refractivity contribution is -0.0233. The van der Waals surface area contributed by atoms with E-state index in [1.807, 2.05) is 30.3 Å². The van der Waals surface area contributed by atoms with Crippen molar-refractivity contribution in [3.8, 4) is 0 Å². The molecule has 1 heterocycles. The number of hydrogen-bond donors (Lipinski definition) is 1. The third-order valence-electron chi connectivity index (χ3n) is 3.88. The molecule has 0 bridgehead atoms. The van der Waals surface area contributed by atoms with Crippen molar-refractivity contribution in [2.45, 2.75) is 25.4 Å². The molecule has 1 aliphatic rings. The van der Waals surface area contributed by atoms with Gasteiger partial charge in [0.05, 0.1) is 26.4 Å². The van der Waals surface area contributed by atoms with Crippen molar-refractivity contribution in [2.24, 2.45) is 0 Å². The highest BCUT2D eigenvalue weighted by Gasteiger charge is 2.11. The van der Waals surface area contributed by atoms with Crippen LogP contribution >= 0.6 is 0 Å². The smallest absolute Gasteiger partial charge is 0.106 e. The number of nitrogens with zero attached hydrogens (tertiary/aromatic N) is 1. The summed E-state index contributed by atoms with van der Waals surface area (Å²) in [6.07, 6.45) is 3.75. The van der Waals surface area contributed by atoms with Gasteiger partial charge in [-0.05, 0) is 31.5 Å². The quantitative estimate of drug-likeness (QED) is 0.709. The van der Waals surface area contributed by atoms with Crippen LogP contribution < -0.4 is 0 Å². The molecule has 0 radical (unpaired) electrons. The minimum atomic E-state index is -0.253. The van der Waals surface area contributed by atoms with Gasteiger partial charge in [-0.25, -0.2) is 0 Å². The predicted molar refractivity (Wildman–Crippen MR) is 83.3 cm³/mol. The van der Waals surface area contributed by atoms with Crippen LogP contribution in [0, 0.1) is 0 Å². The largest absolute Gasteiger partial charge is 0.393 e. The Labute approximate surface area is 127 Å². The maximum atomic E-state index is 9.38. The lowest BCUT2D eigenvalue weighted by Crippen LogP contribution is -2.32. The third kappa shape index (κ3) is 6.14. The monoisotopic (exact) mass is 293 g/mol. The summed E-state index contributed by atoms with van der Waals surface area (Å²) >= 11 is 0. The van der Waals surface area contributed by atoms with E-state index in [0.717, 1.165) is 18.7 Å². The molecule has 1 aliphatic heterocycles. The number of hydrogen-bond acceptors (Lipinski definition) is 4. The molecule has 1 aromatic carbocycles. The van der Waals surface area contributed by atoms with Crippen molar-refractivity contribution in [2.75, 3.05) is 46.1 Å². The topological polar surface area (TPSA) is 41.9 Å². The molecule has 1 saturated heterocycles. The van der Waals surface area contributed by atoms with Gasteiger partial charge < -0.3 is 19.5 Å². The van der Waals surface area contributed by atoms with E-state index in [0.29, 0.717) is 13.2 Å². The fourth-order valence-electron chi connectivity index (χ4n) is 2.65. The van der Waals surface area contributed by atoms with Crippen LogP contribution in [-0.2, 0) is 9.47 Å². The van der Waals surface area contributed by atoms with Crippen molar-refractivity contribution >= 4 is 0 Å². The Morgan fingerprint density at radius 2 is 1.76 bits per heavy atom. The van der Waals surface area contributed by atoms with Crippen molar-refractivity contribution in [3.63, 3.8) is 0 Å². The molecule has 0 aromatic heterocycles. The number of piperidine rings is 1. The van der Waals surface area contributed by atoms with Gasteiger partial charge in [0.2, 0.25) is 0 Å². The zero-order valence-electron chi connectivity index (χ0n) is 12.7.